The molecule has 5 rings (SSSR count). The molecule has 2 saturated heterocycles. The molecule has 0 aliphatic carbocycles. The maximum atomic E-state index is 4.20. The molecule has 138 valence electrons. The van der Waals surface area contributed by atoms with Crippen molar-refractivity contribution in [1.82, 2.24) is 9.88 Å². The third-order valence-corrected chi connectivity index (χ3v) is 6.41. The van der Waals surface area contributed by atoms with Crippen molar-refractivity contribution in [3.63, 3.8) is 0 Å². The monoisotopic (exact) mass is 357 g/mol. The molecule has 3 nitrogen and oxygen atoms in total. The van der Waals surface area contributed by atoms with Crippen LogP contribution in [0, 0.1) is 0 Å². The Bertz CT molecular complexity index is 902. The molecule has 2 aromatic carbocycles. The molecule has 0 amide bonds. The first-order chi connectivity index (χ1) is 13.4. The predicted molar refractivity (Wildman–Crippen MR) is 112 cm³/mol. The summed E-state index contributed by atoms with van der Waals surface area (Å²) in [4.78, 5) is 9.58. The molecule has 0 N–H and O–H groups in total. The van der Waals surface area contributed by atoms with Gasteiger partial charge in [-0.2, -0.15) is 0 Å². The Kier molecular flexibility index (Phi) is 4.54. The van der Waals surface area contributed by atoms with Crippen LogP contribution in [0.1, 0.15) is 31.2 Å². The van der Waals surface area contributed by atoms with Crippen molar-refractivity contribution < 1.29 is 0 Å². The van der Waals surface area contributed by atoms with E-state index in [1.807, 2.05) is 12.4 Å². The second kappa shape index (κ2) is 7.32. The van der Waals surface area contributed by atoms with Gasteiger partial charge in [-0.25, -0.2) is 0 Å². The fraction of sp³-hybridized carbons (Fsp3) is 0.375. The summed E-state index contributed by atoms with van der Waals surface area (Å²) in [5.74, 6) is 0. The summed E-state index contributed by atoms with van der Waals surface area (Å²) in [6.07, 6.45) is 9.08. The van der Waals surface area contributed by atoms with Crippen LogP contribution in [-0.4, -0.2) is 35.1 Å². The highest BCUT2D eigenvalue weighted by atomic mass is 15.3. The number of hydrogen-bond acceptors (Lipinski definition) is 3. The van der Waals surface area contributed by atoms with E-state index in [1.54, 1.807) is 0 Å². The minimum atomic E-state index is 0.630. The fourth-order valence-electron chi connectivity index (χ4n) is 5.18. The Morgan fingerprint density at radius 1 is 0.815 bits per heavy atom. The van der Waals surface area contributed by atoms with Gasteiger partial charge in [0.2, 0.25) is 0 Å². The number of fused-ring (bicyclic) bond motifs is 1. The second-order valence-electron chi connectivity index (χ2n) is 7.93. The molecule has 2 aliphatic rings. The number of pyridine rings is 1. The van der Waals surface area contributed by atoms with Crippen LogP contribution in [0.3, 0.4) is 0 Å². The zero-order valence-corrected chi connectivity index (χ0v) is 15.8. The van der Waals surface area contributed by atoms with Crippen molar-refractivity contribution in [2.24, 2.45) is 0 Å². The molecule has 27 heavy (non-hydrogen) atoms. The molecule has 0 spiro atoms. The van der Waals surface area contributed by atoms with E-state index >= 15 is 0 Å². The van der Waals surface area contributed by atoms with Gasteiger partial charge in [-0.3, -0.25) is 9.88 Å². The van der Waals surface area contributed by atoms with Crippen LogP contribution >= 0.6 is 0 Å². The van der Waals surface area contributed by atoms with Gasteiger partial charge in [-0.1, -0.05) is 42.5 Å². The van der Waals surface area contributed by atoms with Gasteiger partial charge >= 0.3 is 0 Å². The Morgan fingerprint density at radius 2 is 1.59 bits per heavy atom. The molecule has 3 heterocycles. The molecule has 2 fully saturated rings. The molecular formula is C24H27N3. The van der Waals surface area contributed by atoms with Gasteiger partial charge in [0.25, 0.3) is 0 Å². The quantitative estimate of drug-likeness (QED) is 0.664. The molecule has 1 aromatic heterocycles. The smallest absolute Gasteiger partial charge is 0.0446 e. The molecule has 3 heteroatoms. The van der Waals surface area contributed by atoms with E-state index in [2.05, 4.69) is 69.4 Å². The molecule has 0 bridgehead atoms. The van der Waals surface area contributed by atoms with Gasteiger partial charge in [-0.05, 0) is 60.7 Å². The topological polar surface area (TPSA) is 19.4 Å². The lowest BCUT2D eigenvalue weighted by Gasteiger charge is -2.36. The number of aromatic nitrogens is 1. The summed E-state index contributed by atoms with van der Waals surface area (Å²) in [6, 6.07) is 21.2. The van der Waals surface area contributed by atoms with Gasteiger partial charge < -0.3 is 4.90 Å². The highest BCUT2D eigenvalue weighted by molar-refractivity contribution is 5.85. The number of benzene rings is 2. The van der Waals surface area contributed by atoms with Crippen LogP contribution in [0.4, 0.5) is 5.69 Å². The van der Waals surface area contributed by atoms with E-state index < -0.39 is 0 Å². The minimum Gasteiger partial charge on any atom is -0.367 e. The molecule has 2 atom stereocenters. The van der Waals surface area contributed by atoms with Crippen molar-refractivity contribution in [3.8, 4) is 0 Å². The highest BCUT2D eigenvalue weighted by Crippen LogP contribution is 2.34. The molecular weight excluding hydrogens is 330 g/mol. The van der Waals surface area contributed by atoms with Crippen molar-refractivity contribution in [2.75, 3.05) is 18.0 Å². The lowest BCUT2D eigenvalue weighted by molar-refractivity contribution is 0.217. The Balaban J connectivity index is 1.40. The van der Waals surface area contributed by atoms with Gasteiger partial charge in [0.15, 0.2) is 0 Å². The zero-order valence-electron chi connectivity index (χ0n) is 15.8. The summed E-state index contributed by atoms with van der Waals surface area (Å²) < 4.78 is 0. The average Bonchev–Trinajstić information content (AvgIpc) is 3.38. The van der Waals surface area contributed by atoms with Crippen LogP contribution in [0.15, 0.2) is 67.0 Å². The Labute approximate surface area is 161 Å². The molecule has 3 aromatic rings. The number of nitrogens with zero attached hydrogens (tertiary/aromatic N) is 3. The molecule has 2 aliphatic heterocycles. The van der Waals surface area contributed by atoms with Gasteiger partial charge in [0.05, 0.1) is 0 Å². The third kappa shape index (κ3) is 3.21. The summed E-state index contributed by atoms with van der Waals surface area (Å²) in [5, 5.41) is 2.76. The SMILES string of the molecule is c1ccc2c(CN3CCC[C@H]3[C@@H]3CCCN3c3ccncc3)cccc2c1. The van der Waals surface area contributed by atoms with Crippen LogP contribution in [0.5, 0.6) is 0 Å². The predicted octanol–water partition coefficient (Wildman–Crippen LogP) is 4.87. The van der Waals surface area contributed by atoms with E-state index in [0.717, 1.165) is 6.54 Å². The fourth-order valence-corrected chi connectivity index (χ4v) is 5.18. The van der Waals surface area contributed by atoms with Gasteiger partial charge in [-0.15, -0.1) is 0 Å². The van der Waals surface area contributed by atoms with Crippen molar-refractivity contribution in [2.45, 2.75) is 44.3 Å². The number of rotatable bonds is 4. The van der Waals surface area contributed by atoms with Crippen LogP contribution in [0.25, 0.3) is 10.8 Å². The summed E-state index contributed by atoms with van der Waals surface area (Å²) in [5.41, 5.74) is 2.80. The van der Waals surface area contributed by atoms with E-state index in [9.17, 15) is 0 Å². The van der Waals surface area contributed by atoms with E-state index in [0.29, 0.717) is 12.1 Å². The highest BCUT2D eigenvalue weighted by Gasteiger charge is 2.37. The number of likely N-dealkylation sites (tertiary alicyclic amines) is 1. The minimum absolute atomic E-state index is 0.630. The Morgan fingerprint density at radius 3 is 2.52 bits per heavy atom. The van der Waals surface area contributed by atoms with Crippen molar-refractivity contribution in [3.05, 3.63) is 72.6 Å². The van der Waals surface area contributed by atoms with E-state index in [1.165, 1.54) is 60.8 Å². The largest absolute Gasteiger partial charge is 0.367 e. The molecule has 0 radical (unpaired) electrons. The maximum Gasteiger partial charge on any atom is 0.0446 e. The summed E-state index contributed by atoms with van der Waals surface area (Å²) >= 11 is 0. The Hall–Kier alpha value is -2.39. The lowest BCUT2D eigenvalue weighted by atomic mass is 10.0. The summed E-state index contributed by atoms with van der Waals surface area (Å²) in [7, 11) is 0. The normalized spacial score (nSPS) is 23.3. The van der Waals surface area contributed by atoms with Gasteiger partial charge in [0, 0.05) is 43.3 Å². The third-order valence-electron chi connectivity index (χ3n) is 6.41. The average molecular weight is 358 g/mol. The number of hydrogen-bond donors (Lipinski definition) is 0. The van der Waals surface area contributed by atoms with E-state index in [4.69, 9.17) is 0 Å². The first-order valence-corrected chi connectivity index (χ1v) is 10.3. The number of anilines is 1. The first kappa shape index (κ1) is 16.8. The van der Waals surface area contributed by atoms with Crippen LogP contribution in [-0.2, 0) is 6.54 Å². The maximum absolute atomic E-state index is 4.20. The van der Waals surface area contributed by atoms with Gasteiger partial charge in [0.1, 0.15) is 0 Å². The van der Waals surface area contributed by atoms with Crippen LogP contribution < -0.4 is 4.90 Å². The molecule has 0 saturated carbocycles. The zero-order chi connectivity index (χ0) is 18.1. The lowest BCUT2D eigenvalue weighted by Crippen LogP contribution is -2.46. The van der Waals surface area contributed by atoms with Crippen molar-refractivity contribution >= 4 is 16.5 Å². The second-order valence-corrected chi connectivity index (χ2v) is 7.93. The van der Waals surface area contributed by atoms with Crippen LogP contribution in [0.2, 0.25) is 0 Å². The summed E-state index contributed by atoms with van der Waals surface area (Å²) in [6.45, 7) is 3.45. The van der Waals surface area contributed by atoms with Crippen molar-refractivity contribution in [1.29, 1.82) is 0 Å². The molecule has 0 unspecified atom stereocenters. The first-order valence-electron chi connectivity index (χ1n) is 10.3. The van der Waals surface area contributed by atoms with E-state index in [-0.39, 0.29) is 0 Å². The standard InChI is InChI=1S/C24H27N3/c1-2-9-22-19(6-1)7-3-8-20(22)18-26-16-4-10-23(26)24-11-5-17-27(24)21-12-14-25-15-13-21/h1-3,6-9,12-15,23-24H,4-5,10-11,16-18H2/t23-,24-/m0/s1.